The summed E-state index contributed by atoms with van der Waals surface area (Å²) in [6.45, 7) is 2.21. The second-order valence-electron chi connectivity index (χ2n) is 9.66. The van der Waals surface area contributed by atoms with E-state index in [-0.39, 0.29) is 13.2 Å². The molecule has 0 radical (unpaired) electrons. The van der Waals surface area contributed by atoms with Gasteiger partial charge in [0.15, 0.2) is 5.60 Å². The first kappa shape index (κ1) is 33.2. The third-order valence-electron chi connectivity index (χ3n) is 6.63. The smallest absolute Gasteiger partial charge is 0.411 e. The normalized spacial score (nSPS) is 13.6. The van der Waals surface area contributed by atoms with Crippen LogP contribution in [-0.2, 0) is 19.8 Å². The van der Waals surface area contributed by atoms with Crippen molar-refractivity contribution >= 4 is 72.7 Å². The number of quaternary nitrogens is 2. The van der Waals surface area contributed by atoms with Crippen molar-refractivity contribution in [2.75, 3.05) is 59.9 Å². The Morgan fingerprint density at radius 3 is 1.76 bits per heavy atom. The van der Waals surface area contributed by atoms with Gasteiger partial charge in [0.1, 0.15) is 24.7 Å². The lowest BCUT2D eigenvalue weighted by atomic mass is 9.77. The van der Waals surface area contributed by atoms with Gasteiger partial charge in [0, 0.05) is 51.7 Å². The summed E-state index contributed by atoms with van der Waals surface area (Å²) in [7, 11) is 6.64. The molecule has 0 atom stereocenters. The predicted molar refractivity (Wildman–Crippen MR) is 180 cm³/mol. The molecule has 3 aromatic rings. The van der Waals surface area contributed by atoms with Gasteiger partial charge >= 0.3 is 18.2 Å². The van der Waals surface area contributed by atoms with Crippen LogP contribution in [0.1, 0.15) is 27.0 Å². The quantitative estimate of drug-likeness (QED) is 0.0808. The molecule has 45 heavy (non-hydrogen) atoms. The van der Waals surface area contributed by atoms with E-state index in [1.54, 1.807) is 91.7 Å². The van der Waals surface area contributed by atoms with E-state index in [1.165, 1.54) is 0 Å². The van der Waals surface area contributed by atoms with E-state index >= 15 is 0 Å². The van der Waals surface area contributed by atoms with Crippen molar-refractivity contribution in [3.05, 3.63) is 82.9 Å². The van der Waals surface area contributed by atoms with Crippen LogP contribution in [0.2, 0.25) is 0 Å². The molecule has 8 N–H and O–H groups in total. The lowest BCUT2D eigenvalue weighted by Crippen LogP contribution is -2.51. The summed E-state index contributed by atoms with van der Waals surface area (Å²) in [5.74, 6) is 3.49. The number of carbonyl (C=O) groups excluding carboxylic acids is 3. The summed E-state index contributed by atoms with van der Waals surface area (Å²) >= 11 is 0. The summed E-state index contributed by atoms with van der Waals surface area (Å²) in [6, 6.07) is 17.5. The van der Waals surface area contributed by atoms with E-state index in [1.807, 2.05) is 12.1 Å². The van der Waals surface area contributed by atoms with Crippen LogP contribution in [0.25, 0.3) is 0 Å². The second-order valence-corrected chi connectivity index (χ2v) is 15.1. The Kier molecular flexibility index (Phi) is 11.7. The number of hydrogen-bond acceptors (Lipinski definition) is 11. The first-order chi connectivity index (χ1) is 22.0. The Morgan fingerprint density at radius 2 is 1.22 bits per heavy atom. The van der Waals surface area contributed by atoms with E-state index < -0.39 is 23.8 Å². The van der Waals surface area contributed by atoms with Crippen molar-refractivity contribution in [3.8, 4) is 11.5 Å². The van der Waals surface area contributed by atoms with Crippen molar-refractivity contribution in [1.82, 2.24) is 0 Å². The average molecular weight is 691 g/mol. The number of fused-ring (bicyclic) bond motifs is 6. The lowest BCUT2D eigenvalue weighted by molar-refractivity contribution is -0.360. The van der Waals surface area contributed by atoms with Crippen LogP contribution in [0.15, 0.2) is 60.7 Å². The maximum Gasteiger partial charge on any atom is 0.411 e. The maximum atomic E-state index is 13.1. The van der Waals surface area contributed by atoms with Crippen LogP contribution >= 0.6 is 43.2 Å². The number of amides is 2. The largest absolute Gasteiger partial charge is 0.456 e. The van der Waals surface area contributed by atoms with Crippen LogP contribution in [0.5, 0.6) is 11.5 Å². The molecule has 2 heterocycles. The molecule has 0 aromatic heterocycles. The number of anilines is 2. The Bertz CT molecular complexity index is 1460. The van der Waals surface area contributed by atoms with Gasteiger partial charge in [0.2, 0.25) is 0 Å². The molecule has 0 unspecified atom stereocenters. The summed E-state index contributed by atoms with van der Waals surface area (Å²) in [4.78, 5) is 38.1. The number of benzene rings is 3. The fourth-order valence-corrected chi connectivity index (χ4v) is 8.37. The summed E-state index contributed by atoms with van der Waals surface area (Å²) in [5.41, 5.74) is 9.52. The molecule has 15 heteroatoms. The van der Waals surface area contributed by atoms with Crippen molar-refractivity contribution in [3.63, 3.8) is 0 Å². The summed E-state index contributed by atoms with van der Waals surface area (Å²) in [5, 5.41) is 5.49. The molecular formula is C30H34N4O7S4+2. The Morgan fingerprint density at radius 1 is 0.711 bits per heavy atom. The highest BCUT2D eigenvalue weighted by Crippen LogP contribution is 2.56. The summed E-state index contributed by atoms with van der Waals surface area (Å²) in [6.07, 6.45) is -1.18. The van der Waals surface area contributed by atoms with Gasteiger partial charge in [-0.3, -0.25) is 10.6 Å². The van der Waals surface area contributed by atoms with Gasteiger partial charge in [-0.2, -0.15) is 0 Å². The van der Waals surface area contributed by atoms with Gasteiger partial charge in [0.25, 0.3) is 0 Å². The molecule has 0 saturated heterocycles. The van der Waals surface area contributed by atoms with Gasteiger partial charge in [-0.1, -0.05) is 61.4 Å². The van der Waals surface area contributed by atoms with Crippen LogP contribution in [0.3, 0.4) is 0 Å². The molecule has 0 aliphatic carbocycles. The fourth-order valence-electron chi connectivity index (χ4n) is 4.83. The molecule has 11 nitrogen and oxygen atoms in total. The van der Waals surface area contributed by atoms with E-state index in [0.717, 1.165) is 24.6 Å². The third-order valence-corrected chi connectivity index (χ3v) is 11.5. The molecular weight excluding hydrogens is 657 g/mol. The monoisotopic (exact) mass is 690 g/mol. The molecule has 0 fully saturated rings. The molecule has 0 bridgehead atoms. The van der Waals surface area contributed by atoms with Crippen LogP contribution in [0.4, 0.5) is 21.0 Å². The zero-order valence-corrected chi connectivity index (χ0v) is 27.6. The van der Waals surface area contributed by atoms with Gasteiger partial charge in [-0.25, -0.2) is 14.4 Å². The Balaban J connectivity index is 1.36. The van der Waals surface area contributed by atoms with E-state index in [4.69, 9.17) is 18.9 Å². The first-order valence-corrected chi connectivity index (χ1v) is 19.2. The number of ether oxygens (including phenoxy) is 4. The predicted octanol–water partition coefficient (Wildman–Crippen LogP) is 4.60. The standard InChI is InChI=1S/C30H32N4O7S4/c31-9-13-42-44-15-11-38-28(36)33-19-5-7-23-25(17-19)40-26-18-20(34-29(37)39-12-16-45-43-14-10-32)6-8-24(26)30(23)22-4-2-1-3-21(22)27(35)41-30/h1-8,17-18H,9-16,31-32H2,(H,33,36)(H,34,37)/p+2. The number of carbonyl (C=O) groups is 3. The van der Waals surface area contributed by atoms with Crippen LogP contribution < -0.4 is 26.8 Å². The van der Waals surface area contributed by atoms with Crippen molar-refractivity contribution in [2.45, 2.75) is 5.60 Å². The highest BCUT2D eigenvalue weighted by molar-refractivity contribution is 8.77. The minimum absolute atomic E-state index is 0.262. The molecule has 2 aliphatic heterocycles. The van der Waals surface area contributed by atoms with Gasteiger partial charge < -0.3 is 30.4 Å². The Hall–Kier alpha value is -3.21. The van der Waals surface area contributed by atoms with Crippen molar-refractivity contribution in [2.24, 2.45) is 0 Å². The number of esters is 1. The second kappa shape index (κ2) is 15.9. The number of rotatable bonds is 14. The zero-order chi connectivity index (χ0) is 31.6. The van der Waals surface area contributed by atoms with E-state index in [2.05, 4.69) is 22.1 Å². The average Bonchev–Trinajstić information content (AvgIpc) is 3.33. The fraction of sp³-hybridized carbons (Fsp3) is 0.300. The molecule has 1 spiro atoms. The lowest BCUT2D eigenvalue weighted by Gasteiger charge is -2.36. The molecule has 5 rings (SSSR count). The van der Waals surface area contributed by atoms with Crippen LogP contribution in [0, 0.1) is 0 Å². The summed E-state index contributed by atoms with van der Waals surface area (Å²) < 4.78 is 23.2. The SMILES string of the molecule is [NH3+]CCSSCCOC(=O)Nc1ccc2c(c1)Oc1cc(NC(=O)OCCSSCC[NH3+])ccc1C21OC(=O)c2ccccc21. The van der Waals surface area contributed by atoms with E-state index in [0.29, 0.717) is 56.6 Å². The van der Waals surface area contributed by atoms with Gasteiger partial charge in [-0.05, 0) is 30.3 Å². The molecule has 3 aromatic carbocycles. The molecule has 238 valence electrons. The molecule has 2 amide bonds. The Labute approximate surface area is 276 Å². The minimum atomic E-state index is -1.29. The van der Waals surface area contributed by atoms with Crippen molar-refractivity contribution in [1.29, 1.82) is 0 Å². The first-order valence-electron chi connectivity index (χ1n) is 14.2. The molecule has 2 aliphatic rings. The number of hydrogen-bond donors (Lipinski definition) is 4. The van der Waals surface area contributed by atoms with Gasteiger partial charge in [0.05, 0.1) is 30.2 Å². The molecule has 0 saturated carbocycles. The van der Waals surface area contributed by atoms with Crippen LogP contribution in [-0.4, -0.2) is 67.5 Å². The maximum absolute atomic E-state index is 13.1. The highest BCUT2D eigenvalue weighted by atomic mass is 33.1. The van der Waals surface area contributed by atoms with Gasteiger partial charge in [-0.15, -0.1) is 0 Å². The highest BCUT2D eigenvalue weighted by Gasteiger charge is 2.53. The van der Waals surface area contributed by atoms with E-state index in [9.17, 15) is 14.4 Å². The number of nitrogens with one attached hydrogen (secondary N) is 2. The van der Waals surface area contributed by atoms with Crippen molar-refractivity contribution < 1.29 is 44.8 Å². The zero-order valence-electron chi connectivity index (χ0n) is 24.3. The topological polar surface area (TPSA) is 167 Å². The third kappa shape index (κ3) is 7.79. The minimum Gasteiger partial charge on any atom is -0.456 e.